The number of carbonyl (C=O) groups excluding carboxylic acids is 8. The van der Waals surface area contributed by atoms with Crippen LogP contribution in [0.2, 0.25) is 0 Å². The maximum absolute atomic E-state index is 13.8. The van der Waals surface area contributed by atoms with Crippen LogP contribution in [0.25, 0.3) is 0 Å². The molecule has 10 N–H and O–H groups in total. The zero-order valence-corrected chi connectivity index (χ0v) is 34.7. The van der Waals surface area contributed by atoms with E-state index in [1.807, 2.05) is 0 Å². The quantitative estimate of drug-likeness (QED) is 0.0361. The van der Waals surface area contributed by atoms with E-state index in [1.165, 1.54) is 50.0 Å². The van der Waals surface area contributed by atoms with E-state index >= 15 is 0 Å². The van der Waals surface area contributed by atoms with Crippen molar-refractivity contribution in [1.29, 1.82) is 0 Å². The van der Waals surface area contributed by atoms with Gasteiger partial charge in [0.05, 0.1) is 0 Å². The minimum absolute atomic E-state index is 0.00625. The van der Waals surface area contributed by atoms with Gasteiger partial charge in [0, 0.05) is 39.4 Å². The van der Waals surface area contributed by atoms with Crippen molar-refractivity contribution in [3.8, 4) is 5.75 Å². The first-order valence-corrected chi connectivity index (χ1v) is 20.7. The molecule has 0 aromatic heterocycles. The van der Waals surface area contributed by atoms with Crippen LogP contribution in [0.3, 0.4) is 0 Å². The first kappa shape index (κ1) is 48.0. The van der Waals surface area contributed by atoms with Gasteiger partial charge in [0.1, 0.15) is 42.0 Å². The molecule has 59 heavy (non-hydrogen) atoms. The highest BCUT2D eigenvalue weighted by Crippen LogP contribution is 2.37. The Hall–Kier alpha value is -5.37. The molecule has 22 heteroatoms. The van der Waals surface area contributed by atoms with E-state index in [1.54, 1.807) is 18.9 Å². The SMILES string of the molecule is C=C(C)[C@H](NC(=O)[C@@H](NC(=O)C1CCN2CC(NC(=O)[C@H](Cc3ccc(OP(=O)(O)O)cc3)NC(=O)[C@H](C)NC(=O)CCCCCNC(C)=O)C(=O)N12)C(C)C)C(N)=O. The van der Waals surface area contributed by atoms with Gasteiger partial charge < -0.3 is 42.2 Å². The number of benzene rings is 1. The molecule has 2 fully saturated rings. The number of hydrazine groups is 1. The number of phosphoric ester groups is 1. The fraction of sp³-hybridized carbons (Fsp3) is 0.568. The molecule has 2 saturated heterocycles. The molecule has 21 nitrogen and oxygen atoms in total. The number of rotatable bonds is 22. The van der Waals surface area contributed by atoms with E-state index in [0.717, 1.165) is 0 Å². The minimum Gasteiger partial charge on any atom is -0.404 e. The van der Waals surface area contributed by atoms with Gasteiger partial charge in [-0.2, -0.15) is 0 Å². The van der Waals surface area contributed by atoms with Crippen molar-refractivity contribution in [2.24, 2.45) is 11.7 Å². The lowest BCUT2D eigenvalue weighted by Gasteiger charge is -2.28. The summed E-state index contributed by atoms with van der Waals surface area (Å²) in [6.45, 7) is 12.2. The molecule has 0 radical (unpaired) electrons. The van der Waals surface area contributed by atoms with Gasteiger partial charge >= 0.3 is 7.82 Å². The zero-order valence-electron chi connectivity index (χ0n) is 33.8. The summed E-state index contributed by atoms with van der Waals surface area (Å²) in [5.41, 5.74) is 6.13. The summed E-state index contributed by atoms with van der Waals surface area (Å²) in [6, 6.07) is -1.42. The molecule has 0 bridgehead atoms. The Morgan fingerprint density at radius 1 is 0.932 bits per heavy atom. The highest BCUT2D eigenvalue weighted by Gasteiger charge is 2.49. The first-order valence-electron chi connectivity index (χ1n) is 19.2. The van der Waals surface area contributed by atoms with Crippen LogP contribution < -0.4 is 42.2 Å². The summed E-state index contributed by atoms with van der Waals surface area (Å²) in [6.07, 6.45) is 2.05. The van der Waals surface area contributed by atoms with E-state index in [4.69, 9.17) is 15.5 Å². The van der Waals surface area contributed by atoms with Gasteiger partial charge in [-0.1, -0.05) is 39.0 Å². The molecule has 0 saturated carbocycles. The molecule has 2 unspecified atom stereocenters. The molecule has 8 amide bonds. The number of primary amides is 1. The Balaban J connectivity index is 1.71. The predicted octanol–water partition coefficient (Wildman–Crippen LogP) is -1.61. The van der Waals surface area contributed by atoms with E-state index in [-0.39, 0.29) is 44.0 Å². The van der Waals surface area contributed by atoms with Gasteiger partial charge in [-0.25, -0.2) is 9.57 Å². The molecule has 326 valence electrons. The molecule has 2 aliphatic heterocycles. The van der Waals surface area contributed by atoms with Crippen molar-refractivity contribution in [1.82, 2.24) is 41.9 Å². The second-order valence-corrected chi connectivity index (χ2v) is 16.1. The number of carbonyl (C=O) groups is 8. The standard InChI is InChI=1S/C37H56N9O12P/c1-20(2)30(32(38)49)43-36(53)31(21(3)4)44-35(52)28-15-17-45-19-27(37(54)46(28)45)42-34(51)26(18-24-11-13-25(14-12-24)58-59(55,56)57)41-33(50)22(5)40-29(48)10-8-7-9-16-39-23(6)47/h11-14,21-22,26-28,30-31H,1,7-10,15-19H2,2-6H3,(H2,38,49)(H,39,47)(H,40,48)(H,41,50)(H,42,51)(H,43,53)(H,44,52)(H2,55,56,57)/t22-,26-,27?,28?,30-,31-/m0/s1. The van der Waals surface area contributed by atoms with Crippen LogP contribution in [0, 0.1) is 5.92 Å². The lowest BCUT2D eigenvalue weighted by molar-refractivity contribution is -0.146. The average Bonchev–Trinajstić information content (AvgIpc) is 3.69. The van der Waals surface area contributed by atoms with E-state index in [2.05, 4.69) is 43.0 Å². The lowest BCUT2D eigenvalue weighted by Crippen LogP contribution is -2.58. The van der Waals surface area contributed by atoms with Crippen LogP contribution >= 0.6 is 7.82 Å². The smallest absolute Gasteiger partial charge is 0.404 e. The second-order valence-electron chi connectivity index (χ2n) is 15.0. The van der Waals surface area contributed by atoms with Gasteiger partial charge in [-0.05, 0) is 62.3 Å². The average molecular weight is 850 g/mol. The second kappa shape index (κ2) is 21.6. The van der Waals surface area contributed by atoms with Crippen molar-refractivity contribution in [3.63, 3.8) is 0 Å². The third kappa shape index (κ3) is 14.8. The zero-order chi connectivity index (χ0) is 44.2. The van der Waals surface area contributed by atoms with E-state index in [9.17, 15) is 42.9 Å². The topological polar surface area (TPSA) is 308 Å². The van der Waals surface area contributed by atoms with Gasteiger partial charge in [0.25, 0.3) is 5.91 Å². The Morgan fingerprint density at radius 2 is 1.59 bits per heavy atom. The number of amides is 8. The summed E-state index contributed by atoms with van der Waals surface area (Å²) >= 11 is 0. The number of phosphoric acid groups is 1. The minimum atomic E-state index is -4.85. The molecule has 1 aromatic rings. The Kier molecular flexibility index (Phi) is 17.6. The largest absolute Gasteiger partial charge is 0.524 e. The number of nitrogens with two attached hydrogens (primary N) is 1. The number of hydrogen-bond acceptors (Lipinski definition) is 11. The highest BCUT2D eigenvalue weighted by atomic mass is 31.2. The third-order valence-electron chi connectivity index (χ3n) is 9.55. The molecule has 2 heterocycles. The van der Waals surface area contributed by atoms with Gasteiger partial charge in [-0.3, -0.25) is 53.2 Å². The number of nitrogens with zero attached hydrogens (tertiary/aromatic N) is 2. The molecule has 0 spiro atoms. The molecular weight excluding hydrogens is 793 g/mol. The first-order chi connectivity index (χ1) is 27.6. The summed E-state index contributed by atoms with van der Waals surface area (Å²) in [7, 11) is -4.85. The number of hydrogen-bond donors (Lipinski definition) is 9. The summed E-state index contributed by atoms with van der Waals surface area (Å²) < 4.78 is 15.9. The number of fused-ring (bicyclic) bond motifs is 1. The van der Waals surface area contributed by atoms with E-state index in [0.29, 0.717) is 36.9 Å². The molecule has 6 atom stereocenters. The normalized spacial score (nSPS) is 18.4. The van der Waals surface area contributed by atoms with Gasteiger partial charge in [-0.15, -0.1) is 0 Å². The van der Waals surface area contributed by atoms with Gasteiger partial charge in [0.15, 0.2) is 0 Å². The van der Waals surface area contributed by atoms with Crippen LogP contribution in [0.15, 0.2) is 36.4 Å². The Morgan fingerprint density at radius 3 is 2.17 bits per heavy atom. The summed E-state index contributed by atoms with van der Waals surface area (Å²) in [5.74, 6) is -5.35. The highest BCUT2D eigenvalue weighted by molar-refractivity contribution is 7.46. The fourth-order valence-electron chi connectivity index (χ4n) is 6.49. The van der Waals surface area contributed by atoms with Crippen molar-refractivity contribution < 1.29 is 57.2 Å². The maximum Gasteiger partial charge on any atom is 0.524 e. The van der Waals surface area contributed by atoms with Crippen LogP contribution in [0.4, 0.5) is 0 Å². The lowest BCUT2D eigenvalue weighted by atomic mass is 10.0. The predicted molar refractivity (Wildman–Crippen MR) is 211 cm³/mol. The van der Waals surface area contributed by atoms with Gasteiger partial charge in [0.2, 0.25) is 41.4 Å². The summed E-state index contributed by atoms with van der Waals surface area (Å²) in [4.78, 5) is 121. The summed E-state index contributed by atoms with van der Waals surface area (Å²) in [5, 5.41) is 18.5. The van der Waals surface area contributed by atoms with E-state index < -0.39 is 91.3 Å². The number of unbranched alkanes of at least 4 members (excludes halogenated alkanes) is 2. The van der Waals surface area contributed by atoms with Crippen molar-refractivity contribution in [2.75, 3.05) is 19.6 Å². The fourth-order valence-corrected chi connectivity index (χ4v) is 6.89. The number of nitrogens with one attached hydrogen (secondary N) is 6. The molecular formula is C37H56N9O12P. The monoisotopic (exact) mass is 849 g/mol. The molecule has 3 rings (SSSR count). The third-order valence-corrected chi connectivity index (χ3v) is 10.0. The maximum atomic E-state index is 13.8. The molecule has 1 aromatic carbocycles. The van der Waals surface area contributed by atoms with Crippen LogP contribution in [-0.2, 0) is 49.3 Å². The van der Waals surface area contributed by atoms with Crippen molar-refractivity contribution >= 4 is 55.1 Å². The van der Waals surface area contributed by atoms with Crippen LogP contribution in [0.1, 0.15) is 72.3 Å². The van der Waals surface area contributed by atoms with Crippen molar-refractivity contribution in [2.45, 2.75) is 109 Å². The molecule has 2 aliphatic rings. The Bertz CT molecular complexity index is 1790. The van der Waals surface area contributed by atoms with Crippen LogP contribution in [0.5, 0.6) is 5.75 Å². The Labute approximate surface area is 342 Å². The van der Waals surface area contributed by atoms with Crippen LogP contribution in [-0.4, -0.2) is 123 Å². The molecule has 0 aliphatic carbocycles. The van der Waals surface area contributed by atoms with Crippen molar-refractivity contribution in [3.05, 3.63) is 42.0 Å².